The average Bonchev–Trinajstić information content (AvgIpc) is 3.18. The number of methoxy groups -OCH3 is 1. The third kappa shape index (κ3) is 5.12. The zero-order chi connectivity index (χ0) is 18.5. The van der Waals surface area contributed by atoms with E-state index in [-0.39, 0.29) is 24.2 Å². The van der Waals surface area contributed by atoms with Gasteiger partial charge in [0.15, 0.2) is 0 Å². The zero-order valence-electron chi connectivity index (χ0n) is 14.9. The van der Waals surface area contributed by atoms with Gasteiger partial charge in [0.05, 0.1) is 18.5 Å². The quantitative estimate of drug-likeness (QED) is 0.680. The van der Waals surface area contributed by atoms with Crippen LogP contribution in [0.5, 0.6) is 5.75 Å². The van der Waals surface area contributed by atoms with Gasteiger partial charge in [-0.25, -0.2) is 0 Å². The standard InChI is InChI=1S/C19H21N3O4.ClH/c1-25-14-7-8-15(20)16(11-14)22-18(23)12-4-2-5-13(10-12)21-19(24)17-6-3-9-26-17;/h2,4-5,7-8,10-11,17H,3,6,9,20H2,1H3,(H,21,24)(H,22,23);1H. The number of nitrogen functional groups attached to an aromatic ring is 1. The number of halogens is 1. The Morgan fingerprint density at radius 3 is 2.70 bits per heavy atom. The summed E-state index contributed by atoms with van der Waals surface area (Å²) in [6, 6.07) is 11.7. The second-order valence-electron chi connectivity index (χ2n) is 5.98. The number of rotatable bonds is 5. The normalized spacial score (nSPS) is 15.5. The van der Waals surface area contributed by atoms with Gasteiger partial charge in [-0.1, -0.05) is 6.07 Å². The lowest BCUT2D eigenvalue weighted by Crippen LogP contribution is -2.27. The molecule has 1 unspecified atom stereocenters. The van der Waals surface area contributed by atoms with E-state index < -0.39 is 6.10 Å². The van der Waals surface area contributed by atoms with E-state index in [0.29, 0.717) is 41.4 Å². The number of hydrogen-bond donors (Lipinski definition) is 3. The molecule has 1 aliphatic rings. The summed E-state index contributed by atoms with van der Waals surface area (Å²) in [6.45, 7) is 0.600. The molecule has 7 nitrogen and oxygen atoms in total. The Labute approximate surface area is 163 Å². The van der Waals surface area contributed by atoms with Crippen molar-refractivity contribution < 1.29 is 19.1 Å². The SMILES string of the molecule is COc1ccc(N)c(NC(=O)c2cccc(NC(=O)C3CCCO3)c2)c1.Cl. The lowest BCUT2D eigenvalue weighted by molar-refractivity contribution is -0.124. The fourth-order valence-corrected chi connectivity index (χ4v) is 2.71. The second-order valence-corrected chi connectivity index (χ2v) is 5.98. The molecular formula is C19H22ClN3O4. The van der Waals surface area contributed by atoms with Crippen LogP contribution in [0.15, 0.2) is 42.5 Å². The maximum absolute atomic E-state index is 12.5. The maximum Gasteiger partial charge on any atom is 0.255 e. The number of carbonyl (C=O) groups excluding carboxylic acids is 2. The first kappa shape index (κ1) is 20.5. The molecule has 0 saturated carbocycles. The van der Waals surface area contributed by atoms with Crippen LogP contribution in [0, 0.1) is 0 Å². The lowest BCUT2D eigenvalue weighted by Gasteiger charge is -2.12. The summed E-state index contributed by atoms with van der Waals surface area (Å²) in [7, 11) is 1.54. The molecule has 1 fully saturated rings. The van der Waals surface area contributed by atoms with Gasteiger partial charge in [0.1, 0.15) is 11.9 Å². The van der Waals surface area contributed by atoms with Gasteiger partial charge in [0.2, 0.25) is 0 Å². The Hall–Kier alpha value is -2.77. The molecule has 2 aromatic rings. The minimum Gasteiger partial charge on any atom is -0.497 e. The van der Waals surface area contributed by atoms with E-state index in [2.05, 4.69) is 10.6 Å². The maximum atomic E-state index is 12.5. The monoisotopic (exact) mass is 391 g/mol. The van der Waals surface area contributed by atoms with Crippen molar-refractivity contribution in [2.24, 2.45) is 0 Å². The molecule has 1 aliphatic heterocycles. The summed E-state index contributed by atoms with van der Waals surface area (Å²) in [5.41, 5.74) is 7.73. The van der Waals surface area contributed by atoms with Gasteiger partial charge in [0, 0.05) is 23.9 Å². The summed E-state index contributed by atoms with van der Waals surface area (Å²) in [4.78, 5) is 24.7. The fraction of sp³-hybridized carbons (Fsp3) is 0.263. The molecule has 4 N–H and O–H groups in total. The van der Waals surface area contributed by atoms with Gasteiger partial charge in [0.25, 0.3) is 11.8 Å². The molecule has 0 spiro atoms. The van der Waals surface area contributed by atoms with Crippen LogP contribution in [0.2, 0.25) is 0 Å². The molecule has 8 heteroatoms. The van der Waals surface area contributed by atoms with Crippen LogP contribution < -0.4 is 21.1 Å². The van der Waals surface area contributed by atoms with Crippen molar-refractivity contribution in [3.63, 3.8) is 0 Å². The first-order valence-corrected chi connectivity index (χ1v) is 8.34. The van der Waals surface area contributed by atoms with Crippen LogP contribution in [0.1, 0.15) is 23.2 Å². The summed E-state index contributed by atoms with van der Waals surface area (Å²) in [5, 5.41) is 5.54. The van der Waals surface area contributed by atoms with Crippen molar-refractivity contribution in [3.8, 4) is 5.75 Å². The van der Waals surface area contributed by atoms with E-state index in [1.165, 1.54) is 7.11 Å². The minimum absolute atomic E-state index is 0. The van der Waals surface area contributed by atoms with E-state index >= 15 is 0 Å². The molecule has 1 saturated heterocycles. The Kier molecular flexibility index (Phi) is 7.04. The molecule has 2 aromatic carbocycles. The number of nitrogens with one attached hydrogen (secondary N) is 2. The Balaban J connectivity index is 0.00000261. The number of hydrogen-bond acceptors (Lipinski definition) is 5. The molecular weight excluding hydrogens is 370 g/mol. The largest absolute Gasteiger partial charge is 0.497 e. The molecule has 0 radical (unpaired) electrons. The molecule has 0 aliphatic carbocycles. The van der Waals surface area contributed by atoms with Crippen molar-refractivity contribution >= 4 is 41.3 Å². The topological polar surface area (TPSA) is 103 Å². The third-order valence-corrected chi connectivity index (χ3v) is 4.12. The first-order valence-electron chi connectivity index (χ1n) is 8.34. The van der Waals surface area contributed by atoms with Crippen LogP contribution >= 0.6 is 12.4 Å². The highest BCUT2D eigenvalue weighted by atomic mass is 35.5. The zero-order valence-corrected chi connectivity index (χ0v) is 15.7. The predicted octanol–water partition coefficient (Wildman–Crippen LogP) is 3.07. The van der Waals surface area contributed by atoms with Crippen LogP contribution in [-0.2, 0) is 9.53 Å². The van der Waals surface area contributed by atoms with Gasteiger partial charge in [-0.3, -0.25) is 9.59 Å². The van der Waals surface area contributed by atoms with Gasteiger partial charge in [-0.05, 0) is 43.2 Å². The summed E-state index contributed by atoms with van der Waals surface area (Å²) in [5.74, 6) is 0.0577. The second kappa shape index (κ2) is 9.25. The smallest absolute Gasteiger partial charge is 0.255 e. The molecule has 144 valence electrons. The van der Waals surface area contributed by atoms with Gasteiger partial charge in [-0.2, -0.15) is 0 Å². The molecule has 27 heavy (non-hydrogen) atoms. The Morgan fingerprint density at radius 2 is 2.00 bits per heavy atom. The molecule has 2 amide bonds. The van der Waals surface area contributed by atoms with Crippen molar-refractivity contribution in [3.05, 3.63) is 48.0 Å². The van der Waals surface area contributed by atoms with Gasteiger partial charge >= 0.3 is 0 Å². The highest BCUT2D eigenvalue weighted by Gasteiger charge is 2.23. The summed E-state index contributed by atoms with van der Waals surface area (Å²) < 4.78 is 10.5. The van der Waals surface area contributed by atoms with Gasteiger partial charge in [-0.15, -0.1) is 12.4 Å². The fourth-order valence-electron chi connectivity index (χ4n) is 2.71. The summed E-state index contributed by atoms with van der Waals surface area (Å²) >= 11 is 0. The van der Waals surface area contributed by atoms with E-state index in [0.717, 1.165) is 6.42 Å². The summed E-state index contributed by atoms with van der Waals surface area (Å²) in [6.07, 6.45) is 1.16. The number of benzene rings is 2. The van der Waals surface area contributed by atoms with Gasteiger partial charge < -0.3 is 25.8 Å². The van der Waals surface area contributed by atoms with Crippen LogP contribution in [-0.4, -0.2) is 31.6 Å². The van der Waals surface area contributed by atoms with E-state index in [4.69, 9.17) is 15.2 Å². The predicted molar refractivity (Wildman–Crippen MR) is 107 cm³/mol. The Bertz CT molecular complexity index is 822. The highest BCUT2D eigenvalue weighted by Crippen LogP contribution is 2.25. The number of nitrogens with two attached hydrogens (primary N) is 1. The number of amides is 2. The van der Waals surface area contributed by atoms with Crippen molar-refractivity contribution in [2.45, 2.75) is 18.9 Å². The number of anilines is 3. The van der Waals surface area contributed by atoms with Crippen LogP contribution in [0.4, 0.5) is 17.1 Å². The van der Waals surface area contributed by atoms with E-state index in [9.17, 15) is 9.59 Å². The van der Waals surface area contributed by atoms with Crippen LogP contribution in [0.25, 0.3) is 0 Å². The molecule has 1 heterocycles. The Morgan fingerprint density at radius 1 is 1.19 bits per heavy atom. The average molecular weight is 392 g/mol. The van der Waals surface area contributed by atoms with E-state index in [1.807, 2.05) is 0 Å². The molecule has 0 aromatic heterocycles. The minimum atomic E-state index is -0.427. The number of carbonyl (C=O) groups is 2. The highest BCUT2D eigenvalue weighted by molar-refractivity contribution is 6.07. The van der Waals surface area contributed by atoms with E-state index in [1.54, 1.807) is 42.5 Å². The molecule has 3 rings (SSSR count). The van der Waals surface area contributed by atoms with Crippen molar-refractivity contribution in [1.29, 1.82) is 0 Å². The van der Waals surface area contributed by atoms with Crippen molar-refractivity contribution in [2.75, 3.05) is 30.1 Å². The third-order valence-electron chi connectivity index (χ3n) is 4.12. The number of ether oxygens (including phenoxy) is 2. The molecule has 0 bridgehead atoms. The first-order chi connectivity index (χ1) is 12.6. The lowest BCUT2D eigenvalue weighted by atomic mass is 10.1. The van der Waals surface area contributed by atoms with Crippen molar-refractivity contribution in [1.82, 2.24) is 0 Å². The van der Waals surface area contributed by atoms with Crippen LogP contribution in [0.3, 0.4) is 0 Å². The molecule has 1 atom stereocenters.